The minimum Gasteiger partial charge on any atom is -0.352 e. The smallest absolute Gasteiger partial charge is 0.254 e. The van der Waals surface area contributed by atoms with Crippen LogP contribution in [-0.2, 0) is 0 Å². The maximum atomic E-state index is 12.1. The second kappa shape index (κ2) is 9.13. The molecule has 0 aliphatic rings. The summed E-state index contributed by atoms with van der Waals surface area (Å²) in [4.78, 5) is 22.7. The van der Waals surface area contributed by atoms with Gasteiger partial charge in [0.2, 0.25) is 5.95 Å². The fourth-order valence-corrected chi connectivity index (χ4v) is 2.44. The fourth-order valence-electron chi connectivity index (χ4n) is 2.44. The van der Waals surface area contributed by atoms with Crippen molar-refractivity contribution < 1.29 is 4.79 Å². The zero-order valence-corrected chi connectivity index (χ0v) is 15.4. The molecule has 1 aromatic heterocycles. The number of carbonyl (C=O) groups excluding carboxylic acids is 1. The summed E-state index contributed by atoms with van der Waals surface area (Å²) < 4.78 is 0. The lowest BCUT2D eigenvalue weighted by atomic mass is 10.0. The van der Waals surface area contributed by atoms with Gasteiger partial charge < -0.3 is 15.5 Å². The van der Waals surface area contributed by atoms with Gasteiger partial charge in [0.1, 0.15) is 0 Å². The number of benzene rings is 1. The van der Waals surface area contributed by atoms with Crippen molar-refractivity contribution in [2.24, 2.45) is 0 Å². The Balaban J connectivity index is 1.95. The van der Waals surface area contributed by atoms with Gasteiger partial charge in [0, 0.05) is 24.6 Å². The van der Waals surface area contributed by atoms with Crippen molar-refractivity contribution in [1.29, 1.82) is 0 Å². The number of carbonyl (C=O) groups is 1. The first-order valence-electron chi connectivity index (χ1n) is 8.58. The molecule has 0 saturated heterocycles. The number of hydrogen-bond donors (Lipinski definition) is 2. The maximum Gasteiger partial charge on any atom is 0.254 e. The van der Waals surface area contributed by atoms with Crippen molar-refractivity contribution in [1.82, 2.24) is 20.2 Å². The van der Waals surface area contributed by atoms with Crippen LogP contribution in [0.2, 0.25) is 0 Å². The SMILES string of the molecule is CC(C)c1ccccc1Nc1ncc(C(=O)NCCCN(C)C)cn1. The standard InChI is InChI=1S/C19H27N5O/c1-14(2)16-8-5-6-9-17(16)23-19-21-12-15(13-22-19)18(25)20-10-7-11-24(3)4/h5-6,8-9,12-14H,7,10-11H2,1-4H3,(H,20,25)(H,21,22,23). The molecule has 2 rings (SSSR count). The van der Waals surface area contributed by atoms with E-state index in [1.807, 2.05) is 32.3 Å². The van der Waals surface area contributed by atoms with E-state index in [1.165, 1.54) is 5.56 Å². The summed E-state index contributed by atoms with van der Waals surface area (Å²) in [5, 5.41) is 6.11. The first-order chi connectivity index (χ1) is 12.0. The van der Waals surface area contributed by atoms with Gasteiger partial charge in [-0.15, -0.1) is 0 Å². The number of rotatable bonds is 8. The number of aromatic nitrogens is 2. The zero-order chi connectivity index (χ0) is 18.2. The number of hydrogen-bond acceptors (Lipinski definition) is 5. The van der Waals surface area contributed by atoms with Gasteiger partial charge in [0.05, 0.1) is 5.56 Å². The van der Waals surface area contributed by atoms with E-state index in [0.29, 0.717) is 24.0 Å². The Hall–Kier alpha value is -2.47. The molecule has 0 radical (unpaired) electrons. The summed E-state index contributed by atoms with van der Waals surface area (Å²) in [6.45, 7) is 5.86. The van der Waals surface area contributed by atoms with Crippen LogP contribution < -0.4 is 10.6 Å². The minimum absolute atomic E-state index is 0.145. The van der Waals surface area contributed by atoms with Crippen molar-refractivity contribution >= 4 is 17.5 Å². The number of nitrogens with zero attached hydrogens (tertiary/aromatic N) is 3. The molecule has 6 heteroatoms. The second-order valence-corrected chi connectivity index (χ2v) is 6.58. The molecule has 0 bridgehead atoms. The van der Waals surface area contributed by atoms with Gasteiger partial charge in [-0.1, -0.05) is 32.0 Å². The van der Waals surface area contributed by atoms with E-state index >= 15 is 0 Å². The van der Waals surface area contributed by atoms with E-state index in [9.17, 15) is 4.79 Å². The molecule has 0 saturated carbocycles. The molecule has 0 atom stereocenters. The van der Waals surface area contributed by atoms with E-state index in [4.69, 9.17) is 0 Å². The first kappa shape index (κ1) is 18.9. The highest BCUT2D eigenvalue weighted by Gasteiger charge is 2.09. The Labute approximate surface area is 149 Å². The van der Waals surface area contributed by atoms with Crippen molar-refractivity contribution in [3.05, 3.63) is 47.8 Å². The van der Waals surface area contributed by atoms with Gasteiger partial charge in [-0.05, 0) is 44.6 Å². The fraction of sp³-hybridized carbons (Fsp3) is 0.421. The van der Waals surface area contributed by atoms with E-state index < -0.39 is 0 Å². The van der Waals surface area contributed by atoms with Gasteiger partial charge in [-0.2, -0.15) is 0 Å². The van der Waals surface area contributed by atoms with Crippen LogP contribution in [0.4, 0.5) is 11.6 Å². The van der Waals surface area contributed by atoms with Crippen LogP contribution in [0, 0.1) is 0 Å². The van der Waals surface area contributed by atoms with E-state index in [-0.39, 0.29) is 5.91 Å². The van der Waals surface area contributed by atoms with Crippen molar-refractivity contribution in [2.75, 3.05) is 32.5 Å². The summed E-state index contributed by atoms with van der Waals surface area (Å²) in [7, 11) is 4.03. The number of nitrogens with one attached hydrogen (secondary N) is 2. The molecule has 25 heavy (non-hydrogen) atoms. The molecule has 0 aliphatic carbocycles. The van der Waals surface area contributed by atoms with E-state index in [0.717, 1.165) is 18.7 Å². The summed E-state index contributed by atoms with van der Waals surface area (Å²) in [5.74, 6) is 0.737. The topological polar surface area (TPSA) is 70.2 Å². The lowest BCUT2D eigenvalue weighted by Crippen LogP contribution is -2.27. The van der Waals surface area contributed by atoms with Gasteiger partial charge in [-0.25, -0.2) is 9.97 Å². The molecular weight excluding hydrogens is 314 g/mol. The monoisotopic (exact) mass is 341 g/mol. The average Bonchev–Trinajstić information content (AvgIpc) is 2.59. The molecule has 0 fully saturated rings. The van der Waals surface area contributed by atoms with Crippen molar-refractivity contribution in [2.45, 2.75) is 26.2 Å². The second-order valence-electron chi connectivity index (χ2n) is 6.58. The molecule has 0 unspecified atom stereocenters. The summed E-state index contributed by atoms with van der Waals surface area (Å²) >= 11 is 0. The van der Waals surface area contributed by atoms with Crippen molar-refractivity contribution in [3.8, 4) is 0 Å². The predicted molar refractivity (Wildman–Crippen MR) is 101 cm³/mol. The summed E-state index contributed by atoms with van der Waals surface area (Å²) in [6.07, 6.45) is 4.01. The molecule has 1 heterocycles. The third-order valence-corrected chi connectivity index (χ3v) is 3.81. The van der Waals surface area contributed by atoms with Crippen LogP contribution in [0.15, 0.2) is 36.7 Å². The molecule has 0 aliphatic heterocycles. The Morgan fingerprint density at radius 2 is 1.84 bits per heavy atom. The van der Waals surface area contributed by atoms with Crippen LogP contribution in [0.25, 0.3) is 0 Å². The van der Waals surface area contributed by atoms with E-state index in [2.05, 4.69) is 45.4 Å². The predicted octanol–water partition coefficient (Wildman–Crippen LogP) is 3.03. The Morgan fingerprint density at radius 3 is 2.48 bits per heavy atom. The minimum atomic E-state index is -0.145. The van der Waals surface area contributed by atoms with Gasteiger partial charge in [0.15, 0.2) is 0 Å². The number of para-hydroxylation sites is 1. The lowest BCUT2D eigenvalue weighted by Gasteiger charge is -2.13. The number of anilines is 2. The molecule has 1 aromatic carbocycles. The van der Waals surface area contributed by atoms with Crippen LogP contribution in [0.3, 0.4) is 0 Å². The van der Waals surface area contributed by atoms with Crippen LogP contribution in [0.5, 0.6) is 0 Å². The highest BCUT2D eigenvalue weighted by molar-refractivity contribution is 5.93. The normalized spacial score (nSPS) is 11.0. The molecular formula is C19H27N5O. The van der Waals surface area contributed by atoms with Gasteiger partial charge >= 0.3 is 0 Å². The zero-order valence-electron chi connectivity index (χ0n) is 15.4. The Kier molecular flexibility index (Phi) is 6.89. The molecule has 6 nitrogen and oxygen atoms in total. The maximum absolute atomic E-state index is 12.1. The lowest BCUT2D eigenvalue weighted by molar-refractivity contribution is 0.0951. The van der Waals surface area contributed by atoms with Gasteiger partial charge in [-0.3, -0.25) is 4.79 Å². The number of amides is 1. The van der Waals surface area contributed by atoms with Crippen LogP contribution in [-0.4, -0.2) is 48.0 Å². The van der Waals surface area contributed by atoms with Crippen LogP contribution >= 0.6 is 0 Å². The molecule has 2 aromatic rings. The molecule has 2 N–H and O–H groups in total. The first-order valence-corrected chi connectivity index (χ1v) is 8.58. The Bertz CT molecular complexity index is 682. The molecule has 0 spiro atoms. The third-order valence-electron chi connectivity index (χ3n) is 3.81. The highest BCUT2D eigenvalue weighted by Crippen LogP contribution is 2.25. The molecule has 134 valence electrons. The largest absolute Gasteiger partial charge is 0.352 e. The Morgan fingerprint density at radius 1 is 1.16 bits per heavy atom. The quantitative estimate of drug-likeness (QED) is 0.722. The summed E-state index contributed by atoms with van der Waals surface area (Å²) in [6, 6.07) is 8.08. The van der Waals surface area contributed by atoms with Crippen LogP contribution in [0.1, 0.15) is 42.1 Å². The molecule has 1 amide bonds. The van der Waals surface area contributed by atoms with E-state index in [1.54, 1.807) is 12.4 Å². The van der Waals surface area contributed by atoms with Gasteiger partial charge in [0.25, 0.3) is 5.91 Å². The average molecular weight is 341 g/mol. The van der Waals surface area contributed by atoms with Crippen molar-refractivity contribution in [3.63, 3.8) is 0 Å². The highest BCUT2D eigenvalue weighted by atomic mass is 16.1. The summed E-state index contributed by atoms with van der Waals surface area (Å²) in [5.41, 5.74) is 2.65. The third kappa shape index (κ3) is 5.83.